The molecule has 1 aromatic rings. The highest BCUT2D eigenvalue weighted by Gasteiger charge is 2.35. The number of nitrogens with zero attached hydrogens (tertiary/aromatic N) is 2. The summed E-state index contributed by atoms with van der Waals surface area (Å²) >= 11 is 0. The Hall–Kier alpha value is -3.35. The van der Waals surface area contributed by atoms with Crippen LogP contribution < -0.4 is 10.2 Å². The molecule has 1 N–H and O–H groups in total. The second kappa shape index (κ2) is 10.5. The first-order valence-electron chi connectivity index (χ1n) is 10.2. The summed E-state index contributed by atoms with van der Waals surface area (Å²) in [6.07, 6.45) is -0.950. The lowest BCUT2D eigenvalue weighted by Crippen LogP contribution is -2.44. The van der Waals surface area contributed by atoms with E-state index in [1.807, 2.05) is 0 Å². The van der Waals surface area contributed by atoms with Crippen LogP contribution in [0, 0.1) is 17.7 Å². The SMILES string of the molecule is CC(C)(C)OC(=O)NCC#Cc1cncc(F)c1N(C(=O)OC(C)(C)C)C(=O)OC(C)(C)C. The third-order valence-electron chi connectivity index (χ3n) is 3.19. The smallest absolute Gasteiger partial charge is 0.424 e. The lowest BCUT2D eigenvalue weighted by molar-refractivity contribution is 0.0426. The second-order valence-electron chi connectivity index (χ2n) is 9.97. The van der Waals surface area contributed by atoms with Gasteiger partial charge in [-0.1, -0.05) is 11.8 Å². The summed E-state index contributed by atoms with van der Waals surface area (Å²) in [6, 6.07) is 0. The molecule has 1 aromatic heterocycles. The molecule has 0 spiro atoms. The lowest BCUT2D eigenvalue weighted by atomic mass is 10.2. The third-order valence-corrected chi connectivity index (χ3v) is 3.19. The van der Waals surface area contributed by atoms with E-state index in [0.29, 0.717) is 4.90 Å². The number of ether oxygens (including phenoxy) is 3. The fourth-order valence-corrected chi connectivity index (χ4v) is 2.19. The Balaban J connectivity index is 3.31. The zero-order valence-electron chi connectivity index (χ0n) is 20.6. The Morgan fingerprint density at radius 1 is 0.909 bits per heavy atom. The van der Waals surface area contributed by atoms with Crippen LogP contribution in [0.25, 0.3) is 0 Å². The molecule has 0 fully saturated rings. The number of alkyl carbamates (subject to hydrolysis) is 1. The first-order valence-corrected chi connectivity index (χ1v) is 10.2. The number of anilines is 1. The van der Waals surface area contributed by atoms with E-state index in [1.54, 1.807) is 62.3 Å². The topological polar surface area (TPSA) is 107 Å². The molecule has 1 rings (SSSR count). The Morgan fingerprint density at radius 3 is 1.85 bits per heavy atom. The summed E-state index contributed by atoms with van der Waals surface area (Å²) in [7, 11) is 0. The van der Waals surface area contributed by atoms with Crippen LogP contribution in [-0.2, 0) is 14.2 Å². The van der Waals surface area contributed by atoms with Crippen LogP contribution in [0.2, 0.25) is 0 Å². The molecule has 0 saturated carbocycles. The third kappa shape index (κ3) is 10.2. The average molecular weight is 466 g/mol. The quantitative estimate of drug-likeness (QED) is 0.495. The van der Waals surface area contributed by atoms with Gasteiger partial charge in [-0.2, -0.15) is 4.90 Å². The molecule has 0 aromatic carbocycles. The molecule has 0 unspecified atom stereocenters. The predicted octanol–water partition coefficient (Wildman–Crippen LogP) is 4.77. The van der Waals surface area contributed by atoms with E-state index in [2.05, 4.69) is 22.1 Å². The van der Waals surface area contributed by atoms with E-state index in [-0.39, 0.29) is 12.1 Å². The minimum Gasteiger partial charge on any atom is -0.444 e. The molecular formula is C23H32FN3O6. The van der Waals surface area contributed by atoms with Gasteiger partial charge in [0.15, 0.2) is 5.82 Å². The fourth-order valence-electron chi connectivity index (χ4n) is 2.19. The largest absolute Gasteiger partial charge is 0.444 e. The number of hydrogen-bond donors (Lipinski definition) is 1. The van der Waals surface area contributed by atoms with Gasteiger partial charge in [0.2, 0.25) is 0 Å². The maximum atomic E-state index is 14.8. The molecule has 0 bridgehead atoms. The van der Waals surface area contributed by atoms with Gasteiger partial charge in [0.25, 0.3) is 0 Å². The highest BCUT2D eigenvalue weighted by Crippen LogP contribution is 2.27. The summed E-state index contributed by atoms with van der Waals surface area (Å²) in [6.45, 7) is 14.6. The fraction of sp³-hybridized carbons (Fsp3) is 0.565. The van der Waals surface area contributed by atoms with Crippen LogP contribution >= 0.6 is 0 Å². The van der Waals surface area contributed by atoms with Crippen LogP contribution in [-0.4, -0.2) is 46.6 Å². The maximum absolute atomic E-state index is 14.8. The minimum absolute atomic E-state index is 0.0855. The molecule has 9 nitrogen and oxygen atoms in total. The molecular weight excluding hydrogens is 433 g/mol. The predicted molar refractivity (Wildman–Crippen MR) is 120 cm³/mol. The number of rotatable bonds is 2. The van der Waals surface area contributed by atoms with E-state index in [0.717, 1.165) is 6.20 Å². The second-order valence-corrected chi connectivity index (χ2v) is 9.97. The summed E-state index contributed by atoms with van der Waals surface area (Å²) in [5.74, 6) is 4.24. The van der Waals surface area contributed by atoms with Crippen LogP contribution in [0.5, 0.6) is 0 Å². The van der Waals surface area contributed by atoms with Crippen LogP contribution in [0.1, 0.15) is 67.9 Å². The molecule has 0 aliphatic heterocycles. The summed E-state index contributed by atoms with van der Waals surface area (Å²) in [5, 5.41) is 2.43. The molecule has 0 aliphatic carbocycles. The zero-order chi connectivity index (χ0) is 25.6. The number of halogens is 1. The van der Waals surface area contributed by atoms with Gasteiger partial charge < -0.3 is 19.5 Å². The molecule has 182 valence electrons. The van der Waals surface area contributed by atoms with Crippen molar-refractivity contribution in [2.45, 2.75) is 79.1 Å². The van der Waals surface area contributed by atoms with E-state index in [9.17, 15) is 18.8 Å². The number of carbonyl (C=O) groups excluding carboxylic acids is 3. The minimum atomic E-state index is -1.14. The molecule has 33 heavy (non-hydrogen) atoms. The average Bonchev–Trinajstić information content (AvgIpc) is 2.56. The van der Waals surface area contributed by atoms with Crippen molar-refractivity contribution in [1.82, 2.24) is 10.3 Å². The Bertz CT molecular complexity index is 918. The van der Waals surface area contributed by atoms with Crippen LogP contribution in [0.15, 0.2) is 12.4 Å². The van der Waals surface area contributed by atoms with Gasteiger partial charge in [0.05, 0.1) is 18.3 Å². The van der Waals surface area contributed by atoms with Gasteiger partial charge in [-0.05, 0) is 62.3 Å². The zero-order valence-corrected chi connectivity index (χ0v) is 20.6. The van der Waals surface area contributed by atoms with E-state index in [1.165, 1.54) is 6.20 Å². The van der Waals surface area contributed by atoms with Gasteiger partial charge in [0.1, 0.15) is 22.5 Å². The monoisotopic (exact) mass is 465 g/mol. The van der Waals surface area contributed by atoms with E-state index in [4.69, 9.17) is 14.2 Å². The van der Waals surface area contributed by atoms with Gasteiger partial charge >= 0.3 is 18.3 Å². The lowest BCUT2D eigenvalue weighted by Gasteiger charge is -2.29. The first kappa shape index (κ1) is 27.7. The number of hydrogen-bond acceptors (Lipinski definition) is 7. The van der Waals surface area contributed by atoms with Crippen molar-refractivity contribution in [3.63, 3.8) is 0 Å². The van der Waals surface area contributed by atoms with E-state index < -0.39 is 46.6 Å². The normalized spacial score (nSPS) is 11.6. The first-order chi connectivity index (χ1) is 14.9. The number of pyridine rings is 1. The van der Waals surface area contributed by atoms with Gasteiger partial charge in [-0.3, -0.25) is 4.98 Å². The van der Waals surface area contributed by atoms with Gasteiger partial charge in [-0.15, -0.1) is 0 Å². The van der Waals surface area contributed by atoms with Crippen LogP contribution in [0.3, 0.4) is 0 Å². The number of nitrogens with one attached hydrogen (secondary N) is 1. The molecule has 0 radical (unpaired) electrons. The molecule has 1 heterocycles. The molecule has 10 heteroatoms. The summed E-state index contributed by atoms with van der Waals surface area (Å²) in [4.78, 5) is 41.6. The molecule has 0 atom stereocenters. The Morgan fingerprint density at radius 2 is 1.39 bits per heavy atom. The number of imide groups is 1. The standard InChI is InChI=1S/C23H32FN3O6/c1-21(2,3)31-18(28)26-12-10-11-15-13-25-14-16(24)17(15)27(19(29)32-22(4,5)6)20(30)33-23(7,8)9/h13-14H,12H2,1-9H3,(H,26,28). The van der Waals surface area contributed by atoms with Crippen molar-refractivity contribution >= 4 is 24.0 Å². The maximum Gasteiger partial charge on any atom is 0.424 e. The highest BCUT2D eigenvalue weighted by molar-refractivity contribution is 6.10. The van der Waals surface area contributed by atoms with E-state index >= 15 is 0 Å². The summed E-state index contributed by atoms with van der Waals surface area (Å²) < 4.78 is 30.5. The van der Waals surface area contributed by atoms with Crippen molar-refractivity contribution in [2.75, 3.05) is 11.4 Å². The Labute approximate surface area is 194 Å². The molecule has 0 saturated heterocycles. The van der Waals surface area contributed by atoms with Crippen molar-refractivity contribution < 1.29 is 33.0 Å². The van der Waals surface area contributed by atoms with Gasteiger partial charge in [-0.25, -0.2) is 18.8 Å². The van der Waals surface area contributed by atoms with Crippen molar-refractivity contribution in [3.8, 4) is 11.8 Å². The molecule has 3 amide bonds. The number of aromatic nitrogens is 1. The Kier molecular flexibility index (Phi) is 8.82. The van der Waals surface area contributed by atoms with Crippen LogP contribution in [0.4, 0.5) is 24.5 Å². The van der Waals surface area contributed by atoms with Crippen molar-refractivity contribution in [1.29, 1.82) is 0 Å². The highest BCUT2D eigenvalue weighted by atomic mass is 19.1. The molecule has 0 aliphatic rings. The number of carbonyl (C=O) groups is 3. The number of amides is 3. The van der Waals surface area contributed by atoms with Crippen molar-refractivity contribution in [3.05, 3.63) is 23.8 Å². The van der Waals surface area contributed by atoms with Crippen molar-refractivity contribution in [2.24, 2.45) is 0 Å². The summed E-state index contributed by atoms with van der Waals surface area (Å²) in [5.41, 5.74) is -3.18. The van der Waals surface area contributed by atoms with Gasteiger partial charge in [0, 0.05) is 6.20 Å².